The average molecular weight is 357 g/mol. The summed E-state index contributed by atoms with van der Waals surface area (Å²) in [5.41, 5.74) is 1.98. The molecule has 3 aromatic rings. The Labute approximate surface area is 150 Å². The molecule has 8 nitrogen and oxygen atoms in total. The molecule has 2 N–H and O–H groups in total. The van der Waals surface area contributed by atoms with E-state index in [1.54, 1.807) is 18.5 Å². The van der Waals surface area contributed by atoms with E-state index in [0.29, 0.717) is 23.7 Å². The zero-order valence-electron chi connectivity index (χ0n) is 15.4. The van der Waals surface area contributed by atoms with Crippen molar-refractivity contribution in [2.24, 2.45) is 14.1 Å². The van der Waals surface area contributed by atoms with E-state index in [1.165, 1.54) is 11.6 Å². The van der Waals surface area contributed by atoms with Crippen molar-refractivity contribution >= 4 is 17.1 Å². The van der Waals surface area contributed by atoms with Gasteiger partial charge in [-0.2, -0.15) is 4.98 Å². The van der Waals surface area contributed by atoms with Crippen LogP contribution >= 0.6 is 0 Å². The molecule has 26 heavy (non-hydrogen) atoms. The zero-order valence-corrected chi connectivity index (χ0v) is 15.4. The smallest absolute Gasteiger partial charge is 0.332 e. The van der Waals surface area contributed by atoms with E-state index in [9.17, 15) is 14.7 Å². The predicted octanol–water partition coefficient (Wildman–Crippen LogP) is 0.583. The number of hydrogen-bond donors (Lipinski definition) is 2. The van der Waals surface area contributed by atoms with Crippen LogP contribution in [0.3, 0.4) is 0 Å². The van der Waals surface area contributed by atoms with Crippen LogP contribution in [-0.2, 0) is 20.6 Å². The molecule has 0 spiro atoms. The second-order valence-electron chi connectivity index (χ2n) is 6.62. The number of anilines is 1. The molecule has 2 heterocycles. The molecule has 0 unspecified atom stereocenters. The Hall–Kier alpha value is -2.87. The maximum atomic E-state index is 12.7. The third-order valence-electron chi connectivity index (χ3n) is 4.33. The van der Waals surface area contributed by atoms with E-state index < -0.39 is 17.4 Å². The summed E-state index contributed by atoms with van der Waals surface area (Å²) in [6, 6.07) is 7.98. The lowest BCUT2D eigenvalue weighted by Crippen LogP contribution is -2.37. The van der Waals surface area contributed by atoms with Crippen LogP contribution in [0.25, 0.3) is 11.2 Å². The maximum Gasteiger partial charge on any atom is 0.332 e. The number of nitrogens with one attached hydrogen (secondary N) is 1. The Morgan fingerprint density at radius 3 is 2.62 bits per heavy atom. The van der Waals surface area contributed by atoms with E-state index in [2.05, 4.69) is 10.3 Å². The molecule has 1 atom stereocenters. The van der Waals surface area contributed by atoms with E-state index in [4.69, 9.17) is 0 Å². The van der Waals surface area contributed by atoms with Crippen LogP contribution in [0.5, 0.6) is 0 Å². The van der Waals surface area contributed by atoms with Gasteiger partial charge in [0, 0.05) is 20.6 Å². The summed E-state index contributed by atoms with van der Waals surface area (Å²) in [6.45, 7) is 4.37. The normalized spacial score (nSPS) is 12.5. The molecule has 138 valence electrons. The molecule has 0 saturated carbocycles. The predicted molar refractivity (Wildman–Crippen MR) is 101 cm³/mol. The van der Waals surface area contributed by atoms with Crippen molar-refractivity contribution in [2.75, 3.05) is 11.9 Å². The summed E-state index contributed by atoms with van der Waals surface area (Å²) in [5, 5.41) is 12.7. The fourth-order valence-electron chi connectivity index (χ4n) is 2.97. The van der Waals surface area contributed by atoms with Crippen molar-refractivity contribution < 1.29 is 5.11 Å². The number of aromatic nitrogens is 4. The van der Waals surface area contributed by atoms with Crippen molar-refractivity contribution in [2.45, 2.75) is 26.5 Å². The largest absolute Gasteiger partial charge is 0.392 e. The van der Waals surface area contributed by atoms with Gasteiger partial charge in [0.15, 0.2) is 11.2 Å². The molecule has 0 amide bonds. The number of aliphatic hydroxyl groups is 1. The van der Waals surface area contributed by atoms with Gasteiger partial charge in [0.1, 0.15) is 0 Å². The minimum Gasteiger partial charge on any atom is -0.392 e. The quantitative estimate of drug-likeness (QED) is 0.697. The van der Waals surface area contributed by atoms with Gasteiger partial charge in [-0.15, -0.1) is 0 Å². The lowest BCUT2D eigenvalue weighted by atomic mass is 10.1. The standard InChI is InChI=1S/C18H23N5O3/c1-11-6-5-7-13(8-11)10-23-14-15(20-17(23)19-9-12(2)24)21(3)18(26)22(4)16(14)25/h5-8,12,24H,9-10H2,1-4H3,(H,19,20)/t12-/m0/s1. The summed E-state index contributed by atoms with van der Waals surface area (Å²) < 4.78 is 4.19. The van der Waals surface area contributed by atoms with Crippen LogP contribution in [0, 0.1) is 6.92 Å². The Balaban J connectivity index is 2.24. The first-order valence-corrected chi connectivity index (χ1v) is 8.43. The Bertz CT molecular complexity index is 1070. The maximum absolute atomic E-state index is 12.7. The Morgan fingerprint density at radius 1 is 1.23 bits per heavy atom. The molecule has 0 bridgehead atoms. The Kier molecular flexibility index (Phi) is 4.69. The second-order valence-corrected chi connectivity index (χ2v) is 6.62. The topological polar surface area (TPSA) is 94.1 Å². The molecule has 0 saturated heterocycles. The van der Waals surface area contributed by atoms with Crippen LogP contribution in [0.1, 0.15) is 18.1 Å². The number of benzene rings is 1. The molecule has 8 heteroatoms. The fourth-order valence-corrected chi connectivity index (χ4v) is 2.97. The highest BCUT2D eigenvalue weighted by Crippen LogP contribution is 2.18. The highest BCUT2D eigenvalue weighted by molar-refractivity contribution is 5.74. The van der Waals surface area contributed by atoms with Crippen molar-refractivity contribution in [1.29, 1.82) is 0 Å². The van der Waals surface area contributed by atoms with Gasteiger partial charge < -0.3 is 10.4 Å². The van der Waals surface area contributed by atoms with Crippen molar-refractivity contribution in [1.82, 2.24) is 18.7 Å². The van der Waals surface area contributed by atoms with Crippen molar-refractivity contribution in [3.05, 3.63) is 56.2 Å². The van der Waals surface area contributed by atoms with Gasteiger partial charge in [0.2, 0.25) is 5.95 Å². The van der Waals surface area contributed by atoms with Gasteiger partial charge in [-0.25, -0.2) is 4.79 Å². The first-order valence-electron chi connectivity index (χ1n) is 8.43. The molecule has 3 rings (SSSR count). The van der Waals surface area contributed by atoms with E-state index >= 15 is 0 Å². The van der Waals surface area contributed by atoms with Crippen LogP contribution in [0.2, 0.25) is 0 Å². The molecule has 0 aliphatic rings. The third kappa shape index (κ3) is 3.15. The second kappa shape index (κ2) is 6.80. The van der Waals surface area contributed by atoms with Gasteiger partial charge in [0.05, 0.1) is 12.6 Å². The lowest BCUT2D eigenvalue weighted by molar-refractivity contribution is 0.208. The van der Waals surface area contributed by atoms with Gasteiger partial charge in [-0.3, -0.25) is 18.5 Å². The molecular weight excluding hydrogens is 334 g/mol. The van der Waals surface area contributed by atoms with Crippen LogP contribution in [0.15, 0.2) is 33.9 Å². The number of imidazole rings is 1. The molecule has 0 aliphatic carbocycles. The third-order valence-corrected chi connectivity index (χ3v) is 4.33. The monoisotopic (exact) mass is 357 g/mol. The first-order chi connectivity index (χ1) is 12.3. The number of nitrogens with zero attached hydrogens (tertiary/aromatic N) is 4. The average Bonchev–Trinajstić information content (AvgIpc) is 2.95. The number of aliphatic hydroxyl groups excluding tert-OH is 1. The van der Waals surface area contributed by atoms with Gasteiger partial charge >= 0.3 is 5.69 Å². The summed E-state index contributed by atoms with van der Waals surface area (Å²) in [7, 11) is 3.05. The van der Waals surface area contributed by atoms with Crippen molar-refractivity contribution in [3.8, 4) is 0 Å². The number of rotatable bonds is 5. The summed E-state index contributed by atoms with van der Waals surface area (Å²) in [4.78, 5) is 29.4. The van der Waals surface area contributed by atoms with Gasteiger partial charge in [-0.05, 0) is 19.4 Å². The van der Waals surface area contributed by atoms with E-state index in [-0.39, 0.29) is 6.54 Å². The summed E-state index contributed by atoms with van der Waals surface area (Å²) >= 11 is 0. The lowest BCUT2D eigenvalue weighted by Gasteiger charge is -2.12. The molecule has 0 aliphatic heterocycles. The molecule has 0 fully saturated rings. The molecule has 0 radical (unpaired) electrons. The van der Waals surface area contributed by atoms with Crippen LogP contribution in [-0.4, -0.2) is 36.4 Å². The fraction of sp³-hybridized carbons (Fsp3) is 0.389. The molecule has 1 aromatic carbocycles. The van der Waals surface area contributed by atoms with Gasteiger partial charge in [-0.1, -0.05) is 29.8 Å². The first kappa shape index (κ1) is 17.9. The Morgan fingerprint density at radius 2 is 1.96 bits per heavy atom. The number of fused-ring (bicyclic) bond motifs is 1. The summed E-state index contributed by atoms with van der Waals surface area (Å²) in [6.07, 6.45) is -0.575. The van der Waals surface area contributed by atoms with Crippen LogP contribution in [0.4, 0.5) is 5.95 Å². The van der Waals surface area contributed by atoms with E-state index in [1.807, 2.05) is 31.2 Å². The molecule has 2 aromatic heterocycles. The zero-order chi connectivity index (χ0) is 19.0. The number of aryl methyl sites for hydroxylation is 2. The molecular formula is C18H23N5O3. The highest BCUT2D eigenvalue weighted by Gasteiger charge is 2.19. The van der Waals surface area contributed by atoms with Gasteiger partial charge in [0.25, 0.3) is 5.56 Å². The minimum absolute atomic E-state index is 0.283. The number of hydrogen-bond acceptors (Lipinski definition) is 5. The summed E-state index contributed by atoms with van der Waals surface area (Å²) in [5.74, 6) is 0.445. The van der Waals surface area contributed by atoms with E-state index in [0.717, 1.165) is 15.7 Å². The minimum atomic E-state index is -0.575. The van der Waals surface area contributed by atoms with Crippen molar-refractivity contribution in [3.63, 3.8) is 0 Å². The van der Waals surface area contributed by atoms with Crippen LogP contribution < -0.4 is 16.6 Å². The highest BCUT2D eigenvalue weighted by atomic mass is 16.3. The SMILES string of the molecule is Cc1cccc(Cn2c(NC[C@H](C)O)nc3c2c(=O)n(C)c(=O)n3C)c1.